The molecule has 1 amide bonds. The monoisotopic (exact) mass is 414 g/mol. The number of rotatable bonds is 6. The fourth-order valence-electron chi connectivity index (χ4n) is 3.81. The van der Waals surface area contributed by atoms with E-state index in [1.807, 2.05) is 12.1 Å². The summed E-state index contributed by atoms with van der Waals surface area (Å²) < 4.78 is 29.1. The van der Waals surface area contributed by atoms with Gasteiger partial charge in [-0.25, -0.2) is 4.98 Å². The standard InChI is InChI=1S/C22H24F2N4O2/c1-14-5-6-18-19(11-14)27-20(26-18)13-28-9-7-15(8-10-28)21(29)25-16-3-2-4-17(12-16)30-22(23)24/h2-6,11-12,15,22H,7-10,13H2,1H3,(H,25,29)(H,26,27). The molecule has 6 nitrogen and oxygen atoms in total. The molecule has 30 heavy (non-hydrogen) atoms. The van der Waals surface area contributed by atoms with Gasteiger partial charge in [0.1, 0.15) is 11.6 Å². The van der Waals surface area contributed by atoms with Crippen LogP contribution in [0.1, 0.15) is 24.2 Å². The molecule has 158 valence electrons. The highest BCUT2D eigenvalue weighted by atomic mass is 19.3. The lowest BCUT2D eigenvalue weighted by atomic mass is 9.96. The number of ether oxygens (including phenoxy) is 1. The number of likely N-dealkylation sites (tertiary alicyclic amines) is 1. The van der Waals surface area contributed by atoms with Gasteiger partial charge >= 0.3 is 6.61 Å². The minimum Gasteiger partial charge on any atom is -0.435 e. The molecule has 0 atom stereocenters. The largest absolute Gasteiger partial charge is 0.435 e. The second kappa shape index (κ2) is 8.79. The summed E-state index contributed by atoms with van der Waals surface area (Å²) in [6.45, 7) is 1.47. The third-order valence-corrected chi connectivity index (χ3v) is 5.34. The molecule has 2 N–H and O–H groups in total. The van der Waals surface area contributed by atoms with Crippen molar-refractivity contribution in [2.75, 3.05) is 18.4 Å². The number of benzene rings is 2. The predicted molar refractivity (Wildman–Crippen MR) is 111 cm³/mol. The lowest BCUT2D eigenvalue weighted by Crippen LogP contribution is -2.38. The molecule has 8 heteroatoms. The quantitative estimate of drug-likeness (QED) is 0.630. The van der Waals surface area contributed by atoms with Gasteiger partial charge in [-0.1, -0.05) is 12.1 Å². The van der Waals surface area contributed by atoms with Crippen LogP contribution in [0.5, 0.6) is 5.75 Å². The Labute approximate surface area is 173 Å². The van der Waals surface area contributed by atoms with Gasteiger partial charge in [0.05, 0.1) is 17.6 Å². The molecule has 1 fully saturated rings. The molecule has 1 aromatic heterocycles. The van der Waals surface area contributed by atoms with E-state index in [0.29, 0.717) is 5.69 Å². The average Bonchev–Trinajstić information content (AvgIpc) is 3.09. The number of alkyl halides is 2. The molecule has 0 aliphatic carbocycles. The summed E-state index contributed by atoms with van der Waals surface area (Å²) in [6.07, 6.45) is 1.47. The molecule has 0 spiro atoms. The van der Waals surface area contributed by atoms with E-state index in [9.17, 15) is 13.6 Å². The van der Waals surface area contributed by atoms with E-state index in [-0.39, 0.29) is 17.6 Å². The van der Waals surface area contributed by atoms with Crippen LogP contribution in [0, 0.1) is 12.8 Å². The molecule has 0 unspecified atom stereocenters. The Bertz CT molecular complexity index is 1030. The zero-order valence-electron chi connectivity index (χ0n) is 16.7. The lowest BCUT2D eigenvalue weighted by Gasteiger charge is -2.30. The minimum atomic E-state index is -2.89. The number of piperidine rings is 1. The van der Waals surface area contributed by atoms with Gasteiger partial charge in [-0.3, -0.25) is 9.69 Å². The Morgan fingerprint density at radius 3 is 2.83 bits per heavy atom. The number of aryl methyl sites for hydroxylation is 1. The summed E-state index contributed by atoms with van der Waals surface area (Å²) in [5.74, 6) is 0.746. The van der Waals surface area contributed by atoms with Crippen molar-refractivity contribution in [1.29, 1.82) is 0 Å². The summed E-state index contributed by atoms with van der Waals surface area (Å²) >= 11 is 0. The number of aromatic amines is 1. The van der Waals surface area contributed by atoms with E-state index >= 15 is 0 Å². The molecular weight excluding hydrogens is 390 g/mol. The molecule has 1 saturated heterocycles. The molecule has 2 heterocycles. The maximum absolute atomic E-state index is 12.6. The molecule has 2 aromatic carbocycles. The second-order valence-electron chi connectivity index (χ2n) is 7.65. The van der Waals surface area contributed by atoms with Crippen molar-refractivity contribution in [2.24, 2.45) is 5.92 Å². The van der Waals surface area contributed by atoms with Gasteiger partial charge < -0.3 is 15.0 Å². The summed E-state index contributed by atoms with van der Waals surface area (Å²) in [6, 6.07) is 12.2. The van der Waals surface area contributed by atoms with Gasteiger partial charge in [-0.2, -0.15) is 8.78 Å². The van der Waals surface area contributed by atoms with E-state index in [1.165, 1.54) is 17.7 Å². The first-order chi connectivity index (χ1) is 14.5. The van der Waals surface area contributed by atoms with Crippen LogP contribution < -0.4 is 10.1 Å². The maximum Gasteiger partial charge on any atom is 0.387 e. The molecule has 3 aromatic rings. The predicted octanol–water partition coefficient (Wildman–Crippen LogP) is 4.32. The number of amides is 1. The first-order valence-corrected chi connectivity index (χ1v) is 9.99. The molecule has 1 aliphatic rings. The average molecular weight is 414 g/mol. The number of nitrogens with one attached hydrogen (secondary N) is 2. The Morgan fingerprint density at radius 2 is 2.07 bits per heavy atom. The number of aromatic nitrogens is 2. The fraction of sp³-hybridized carbons (Fsp3) is 0.364. The van der Waals surface area contributed by atoms with Crippen LogP contribution in [0.15, 0.2) is 42.5 Å². The van der Waals surface area contributed by atoms with Gasteiger partial charge in [-0.05, 0) is 62.7 Å². The Hall–Kier alpha value is -3.00. The fourth-order valence-corrected chi connectivity index (χ4v) is 3.81. The minimum absolute atomic E-state index is 0.0265. The van der Waals surface area contributed by atoms with Crippen molar-refractivity contribution in [3.05, 3.63) is 53.9 Å². The van der Waals surface area contributed by atoms with E-state index in [0.717, 1.165) is 49.3 Å². The smallest absolute Gasteiger partial charge is 0.387 e. The maximum atomic E-state index is 12.6. The van der Waals surface area contributed by atoms with E-state index < -0.39 is 6.61 Å². The van der Waals surface area contributed by atoms with Crippen molar-refractivity contribution in [3.8, 4) is 5.75 Å². The number of nitrogens with zero attached hydrogens (tertiary/aromatic N) is 2. The molecular formula is C22H24F2N4O2. The summed E-state index contributed by atoms with van der Waals surface area (Å²) in [5.41, 5.74) is 3.65. The molecule has 0 bridgehead atoms. The highest BCUT2D eigenvalue weighted by Gasteiger charge is 2.25. The number of anilines is 1. The zero-order chi connectivity index (χ0) is 21.1. The normalized spacial score (nSPS) is 15.6. The van der Waals surface area contributed by atoms with Gasteiger partial charge in [0.25, 0.3) is 0 Å². The first kappa shape index (κ1) is 20.3. The number of imidazole rings is 1. The first-order valence-electron chi connectivity index (χ1n) is 9.99. The van der Waals surface area contributed by atoms with Crippen molar-refractivity contribution >= 4 is 22.6 Å². The number of fused-ring (bicyclic) bond motifs is 1. The van der Waals surface area contributed by atoms with Crippen LogP contribution in [0.4, 0.5) is 14.5 Å². The number of hydrogen-bond acceptors (Lipinski definition) is 4. The van der Waals surface area contributed by atoms with Gasteiger partial charge in [0.15, 0.2) is 0 Å². The van der Waals surface area contributed by atoms with Crippen molar-refractivity contribution in [3.63, 3.8) is 0 Å². The Balaban J connectivity index is 1.30. The number of halogens is 2. The molecule has 0 saturated carbocycles. The molecule has 1 aliphatic heterocycles. The van der Waals surface area contributed by atoms with Crippen LogP contribution >= 0.6 is 0 Å². The topological polar surface area (TPSA) is 70.2 Å². The lowest BCUT2D eigenvalue weighted by molar-refractivity contribution is -0.121. The van der Waals surface area contributed by atoms with Crippen LogP contribution in [-0.2, 0) is 11.3 Å². The van der Waals surface area contributed by atoms with Gasteiger partial charge in [0, 0.05) is 17.7 Å². The van der Waals surface area contributed by atoms with Crippen molar-refractivity contribution < 1.29 is 18.3 Å². The van der Waals surface area contributed by atoms with E-state index in [2.05, 4.69) is 37.9 Å². The van der Waals surface area contributed by atoms with Gasteiger partial charge in [-0.15, -0.1) is 0 Å². The van der Waals surface area contributed by atoms with Gasteiger partial charge in [0.2, 0.25) is 5.91 Å². The molecule has 4 rings (SSSR count). The van der Waals surface area contributed by atoms with Crippen molar-refractivity contribution in [2.45, 2.75) is 32.9 Å². The second-order valence-corrected chi connectivity index (χ2v) is 7.65. The highest BCUT2D eigenvalue weighted by molar-refractivity contribution is 5.92. The number of H-pyrrole nitrogens is 1. The summed E-state index contributed by atoms with van der Waals surface area (Å²) in [4.78, 5) is 22.9. The zero-order valence-corrected chi connectivity index (χ0v) is 16.7. The molecule has 0 radical (unpaired) electrons. The van der Waals surface area contributed by atoms with Crippen LogP contribution in [-0.4, -0.2) is 40.5 Å². The van der Waals surface area contributed by atoms with Crippen LogP contribution in [0.25, 0.3) is 11.0 Å². The van der Waals surface area contributed by atoms with Crippen molar-refractivity contribution in [1.82, 2.24) is 14.9 Å². The SMILES string of the molecule is Cc1ccc2nc(CN3CCC(C(=O)Nc4cccc(OC(F)F)c4)CC3)[nH]c2c1. The highest BCUT2D eigenvalue weighted by Crippen LogP contribution is 2.24. The van der Waals surface area contributed by atoms with E-state index in [4.69, 9.17) is 0 Å². The number of carbonyl (C=O) groups is 1. The third kappa shape index (κ3) is 4.94. The summed E-state index contributed by atoms with van der Waals surface area (Å²) in [5, 5.41) is 2.81. The number of carbonyl (C=O) groups excluding carboxylic acids is 1. The number of hydrogen-bond donors (Lipinski definition) is 2. The van der Waals surface area contributed by atoms with E-state index in [1.54, 1.807) is 12.1 Å². The van der Waals surface area contributed by atoms with Crippen LogP contribution in [0.2, 0.25) is 0 Å². The Kier molecular flexibility index (Phi) is 5.94. The Morgan fingerprint density at radius 1 is 1.27 bits per heavy atom. The van der Waals surface area contributed by atoms with Crippen LogP contribution in [0.3, 0.4) is 0 Å². The third-order valence-electron chi connectivity index (χ3n) is 5.34. The summed E-state index contributed by atoms with van der Waals surface area (Å²) in [7, 11) is 0.